The molecule has 26 heteroatoms. The van der Waals surface area contributed by atoms with Crippen LogP contribution in [0.25, 0.3) is 0 Å². The number of carbonyl (C=O) groups excluding carboxylic acids is 2. The number of benzene rings is 2. The van der Waals surface area contributed by atoms with E-state index in [4.69, 9.17) is 23.4 Å². The zero-order valence-corrected chi connectivity index (χ0v) is 36.3. The molecule has 0 aromatic heterocycles. The number of ether oxygens (including phenoxy) is 4. The molecule has 0 aliphatic heterocycles. The summed E-state index contributed by atoms with van der Waals surface area (Å²) in [7, 11) is -2.58. The lowest BCUT2D eigenvalue weighted by atomic mass is 9.88. The van der Waals surface area contributed by atoms with Crippen molar-refractivity contribution in [2.45, 2.75) is 111 Å². The summed E-state index contributed by atoms with van der Waals surface area (Å²) in [5, 5.41) is 2.52. The highest BCUT2D eigenvalue weighted by molar-refractivity contribution is 6.76. The van der Waals surface area contributed by atoms with Crippen molar-refractivity contribution in [1.29, 1.82) is 0 Å². The van der Waals surface area contributed by atoms with Crippen molar-refractivity contribution in [3.05, 3.63) is 78.9 Å². The molecule has 1 N–H and O–H groups in total. The van der Waals surface area contributed by atoms with E-state index in [1.54, 1.807) is 12.1 Å². The zero-order chi connectivity index (χ0) is 51.0. The van der Waals surface area contributed by atoms with Crippen LogP contribution in [0.2, 0.25) is 17.1 Å². The van der Waals surface area contributed by atoms with Crippen LogP contribution in [0.4, 0.5) is 85.1 Å². The molecule has 2 rings (SSSR count). The van der Waals surface area contributed by atoms with Crippen LogP contribution in [0.1, 0.15) is 52.2 Å². The number of rotatable bonds is 25. The molecule has 0 spiro atoms. The molecule has 0 aliphatic rings. The fraction of sp³-hybridized carbons (Fsp3) is 0.550. The van der Waals surface area contributed by atoms with Crippen LogP contribution in [0.15, 0.2) is 73.3 Å². The number of carbonyl (C=O) groups is 2. The lowest BCUT2D eigenvalue weighted by Crippen LogP contribution is -2.74. The Morgan fingerprint density at radius 2 is 1.17 bits per heavy atom. The average Bonchev–Trinajstić information content (AvgIpc) is 3.21. The number of hydrogen-bond acceptors (Lipinski definition) is 7. The van der Waals surface area contributed by atoms with Gasteiger partial charge < -0.3 is 23.4 Å². The molecular weight excluding hydrogens is 957 g/mol. The highest BCUT2D eigenvalue weighted by atomic mass is 28.4. The van der Waals surface area contributed by atoms with Crippen LogP contribution in [0, 0.1) is 0 Å². The molecule has 0 aliphatic carbocycles. The Morgan fingerprint density at radius 3 is 1.64 bits per heavy atom. The summed E-state index contributed by atoms with van der Waals surface area (Å²) in [6.45, 7) is 7.60. The Labute approximate surface area is 367 Å². The number of esters is 1. The van der Waals surface area contributed by atoms with E-state index in [1.807, 2.05) is 0 Å². The third-order valence-corrected chi connectivity index (χ3v) is 15.8. The lowest BCUT2D eigenvalue weighted by Gasteiger charge is -2.44. The monoisotopic (exact) mass is 1000 g/mol. The SMILES string of the molecule is C=CCOC(=O)/C=C/C[C@@H](OC(=O)Nc1ccc(OC)cc1)c1ccc(OCCO[Si](CCC(F)(F)C(F)(F)C(F)(F)C(F)(F)C(F)(F)C(F)(F)C(F)(F)C(F)(F)F)(C(C)C)C(C)C)cc1. The van der Waals surface area contributed by atoms with Crippen LogP contribution in [-0.2, 0) is 18.7 Å². The number of alkyl halides is 17. The van der Waals surface area contributed by atoms with Gasteiger partial charge >= 0.3 is 59.7 Å². The second kappa shape index (κ2) is 21.5. The van der Waals surface area contributed by atoms with E-state index >= 15 is 0 Å². The third-order valence-electron chi connectivity index (χ3n) is 10.1. The highest BCUT2D eigenvalue weighted by Gasteiger charge is 2.95. The van der Waals surface area contributed by atoms with E-state index in [1.165, 1.54) is 83.4 Å². The summed E-state index contributed by atoms with van der Waals surface area (Å²) in [6, 6.07) is 10.5. The van der Waals surface area contributed by atoms with Crippen molar-refractivity contribution < 1.29 is 108 Å². The third kappa shape index (κ3) is 12.0. The number of methoxy groups -OCH3 is 1. The normalized spacial score (nSPS) is 14.4. The van der Waals surface area contributed by atoms with Crippen molar-refractivity contribution in [3.63, 3.8) is 0 Å². The molecule has 8 nitrogen and oxygen atoms in total. The minimum Gasteiger partial charge on any atom is -0.497 e. The molecular formula is C40H44F17NO7Si. The zero-order valence-electron chi connectivity index (χ0n) is 35.3. The van der Waals surface area contributed by atoms with Gasteiger partial charge in [0.15, 0.2) is 8.32 Å². The topological polar surface area (TPSA) is 92.3 Å². The summed E-state index contributed by atoms with van der Waals surface area (Å²) >= 11 is 0. The molecule has 1 atom stereocenters. The average molecular weight is 1000 g/mol. The number of amides is 1. The first kappa shape index (κ1) is 57.4. The molecule has 1 amide bonds. The van der Waals surface area contributed by atoms with E-state index in [-0.39, 0.29) is 18.8 Å². The van der Waals surface area contributed by atoms with E-state index in [9.17, 15) is 84.2 Å². The maximum Gasteiger partial charge on any atom is 0.460 e. The Hall–Kier alpha value is -4.75. The summed E-state index contributed by atoms with van der Waals surface area (Å²) in [6.07, 6.45) is -8.62. The molecule has 0 saturated heterocycles. The van der Waals surface area contributed by atoms with E-state index in [0.717, 1.165) is 6.08 Å². The predicted molar refractivity (Wildman–Crippen MR) is 205 cm³/mol. The van der Waals surface area contributed by atoms with Crippen LogP contribution in [0.5, 0.6) is 11.5 Å². The molecule has 0 radical (unpaired) electrons. The van der Waals surface area contributed by atoms with Crippen molar-refractivity contribution in [2.24, 2.45) is 0 Å². The first-order valence-corrected chi connectivity index (χ1v) is 21.5. The van der Waals surface area contributed by atoms with Gasteiger partial charge in [-0.15, -0.1) is 0 Å². The van der Waals surface area contributed by atoms with Crippen LogP contribution >= 0.6 is 0 Å². The van der Waals surface area contributed by atoms with E-state index < -0.39 is 111 Å². The summed E-state index contributed by atoms with van der Waals surface area (Å²) < 4.78 is 263. The quantitative estimate of drug-likeness (QED) is 0.0264. The Bertz CT molecular complexity index is 1940. The molecule has 0 heterocycles. The van der Waals surface area contributed by atoms with Crippen LogP contribution in [-0.4, -0.2) is 94.9 Å². The Kier molecular flexibility index (Phi) is 18.7. The molecule has 0 unspecified atom stereocenters. The van der Waals surface area contributed by atoms with Gasteiger partial charge in [0, 0.05) is 24.6 Å². The molecule has 2 aromatic carbocycles. The van der Waals surface area contributed by atoms with Crippen molar-refractivity contribution >= 4 is 26.1 Å². The van der Waals surface area contributed by atoms with Gasteiger partial charge in [-0.25, -0.2) is 9.59 Å². The molecule has 2 aromatic rings. The summed E-state index contributed by atoms with van der Waals surface area (Å²) in [5.41, 5.74) is -1.10. The standard InChI is InChI=1S/C40H44F17NO7Si/c1-7-20-63-31(59)10-8-9-30(65-32(60)58-27-13-17-28(61-6)18-14-27)26-11-15-29(16-12-26)62-21-22-64-66(24(2)3,25(4)5)23-19-33(41,42)34(43,44)35(45,46)36(47,48)37(49,50)38(51,52)39(53,54)40(55,56)57/h7-8,10-18,24-25,30H,1,9,19-23H2,2-6H3,(H,58,60)/b10-8+/t30-/m1/s1. The predicted octanol–water partition coefficient (Wildman–Crippen LogP) is 13.2. The largest absolute Gasteiger partial charge is 0.497 e. The molecule has 66 heavy (non-hydrogen) atoms. The van der Waals surface area contributed by atoms with Crippen LogP contribution < -0.4 is 14.8 Å². The van der Waals surface area contributed by atoms with Gasteiger partial charge in [-0.3, -0.25) is 5.32 Å². The maximum absolute atomic E-state index is 15.0. The minimum atomic E-state index is -8.70. The lowest BCUT2D eigenvalue weighted by molar-refractivity contribution is -0.461. The highest BCUT2D eigenvalue weighted by Crippen LogP contribution is 2.64. The van der Waals surface area contributed by atoms with Crippen molar-refractivity contribution in [2.75, 3.05) is 32.2 Å². The van der Waals surface area contributed by atoms with E-state index in [0.29, 0.717) is 17.0 Å². The Balaban J connectivity index is 2.27. The molecule has 0 saturated carbocycles. The molecule has 0 fully saturated rings. The smallest absolute Gasteiger partial charge is 0.460 e. The first-order chi connectivity index (χ1) is 30.0. The number of halogens is 17. The van der Waals surface area contributed by atoms with Gasteiger partial charge in [0.05, 0.1) is 13.7 Å². The Morgan fingerprint density at radius 1 is 0.682 bits per heavy atom. The summed E-state index contributed by atoms with van der Waals surface area (Å²) in [4.78, 5) is 24.7. The summed E-state index contributed by atoms with van der Waals surface area (Å²) in [5.74, 6) is -57.0. The minimum absolute atomic E-state index is 0.0568. The molecule has 0 bridgehead atoms. The number of nitrogens with one attached hydrogen (secondary N) is 1. The number of anilines is 1. The van der Waals surface area contributed by atoms with Gasteiger partial charge in [0.2, 0.25) is 0 Å². The fourth-order valence-corrected chi connectivity index (χ4v) is 10.7. The molecule has 374 valence electrons. The fourth-order valence-electron chi connectivity index (χ4n) is 6.21. The van der Waals surface area contributed by atoms with Crippen molar-refractivity contribution in [1.82, 2.24) is 0 Å². The van der Waals surface area contributed by atoms with E-state index in [2.05, 4.69) is 11.9 Å². The maximum atomic E-state index is 15.0. The second-order valence-electron chi connectivity index (χ2n) is 15.0. The van der Waals surface area contributed by atoms with Gasteiger partial charge in [0.25, 0.3) is 0 Å². The number of hydrogen-bond donors (Lipinski definition) is 1. The van der Waals surface area contributed by atoms with Gasteiger partial charge in [0.1, 0.15) is 30.8 Å². The van der Waals surface area contributed by atoms with Crippen LogP contribution in [0.3, 0.4) is 0 Å². The van der Waals surface area contributed by atoms with Gasteiger partial charge in [-0.1, -0.05) is 58.6 Å². The van der Waals surface area contributed by atoms with Gasteiger partial charge in [-0.05, 0) is 59.1 Å². The first-order valence-electron chi connectivity index (χ1n) is 19.2. The van der Waals surface area contributed by atoms with Crippen molar-refractivity contribution in [3.8, 4) is 11.5 Å². The van der Waals surface area contributed by atoms with Gasteiger partial charge in [-0.2, -0.15) is 74.6 Å². The second-order valence-corrected chi connectivity index (χ2v) is 20.0.